The molecule has 0 aliphatic heterocycles. The zero-order chi connectivity index (χ0) is 9.68. The molecule has 3 N–H and O–H groups in total. The minimum atomic E-state index is -0.611. The predicted octanol–water partition coefficient (Wildman–Crippen LogP) is 0.264. The fourth-order valence-corrected chi connectivity index (χ4v) is 0.966. The number of aromatic nitrogens is 2. The monoisotopic (exact) mass is 219 g/mol. The van der Waals surface area contributed by atoms with Crippen LogP contribution in [0.2, 0.25) is 0 Å². The number of rotatable bonds is 4. The van der Waals surface area contributed by atoms with Crippen LogP contribution in [-0.4, -0.2) is 28.6 Å². The number of imidazole rings is 1. The average Bonchev–Trinajstić information content (AvgIpc) is 2.57. The quantitative estimate of drug-likeness (QED) is 0.712. The van der Waals surface area contributed by atoms with Gasteiger partial charge in [-0.15, -0.1) is 12.4 Å². The van der Waals surface area contributed by atoms with Crippen molar-refractivity contribution in [1.29, 1.82) is 0 Å². The van der Waals surface area contributed by atoms with E-state index < -0.39 is 6.04 Å². The normalized spacial score (nSPS) is 11.6. The van der Waals surface area contributed by atoms with Gasteiger partial charge in [-0.05, 0) is 6.92 Å². The van der Waals surface area contributed by atoms with Crippen molar-refractivity contribution < 1.29 is 9.53 Å². The Hall–Kier alpha value is -1.07. The van der Waals surface area contributed by atoms with Gasteiger partial charge in [-0.25, -0.2) is 4.98 Å². The molecule has 1 atom stereocenters. The predicted molar refractivity (Wildman–Crippen MR) is 54.1 cm³/mol. The summed E-state index contributed by atoms with van der Waals surface area (Å²) in [6.45, 7) is 2.11. The molecule has 0 aliphatic carbocycles. The number of carbonyl (C=O) groups is 1. The Labute approximate surface area is 88.5 Å². The molecule has 1 heterocycles. The Morgan fingerprint density at radius 2 is 2.50 bits per heavy atom. The topological polar surface area (TPSA) is 81.0 Å². The van der Waals surface area contributed by atoms with Crippen LogP contribution in [0.25, 0.3) is 0 Å². The Balaban J connectivity index is 0.00000169. The zero-order valence-electron chi connectivity index (χ0n) is 7.90. The summed E-state index contributed by atoms with van der Waals surface area (Å²) < 4.78 is 4.75. The number of hydrogen-bond acceptors (Lipinski definition) is 4. The number of nitrogens with one attached hydrogen (secondary N) is 1. The number of carbonyl (C=O) groups excluding carboxylic acids is 1. The van der Waals surface area contributed by atoms with E-state index in [0.29, 0.717) is 13.0 Å². The van der Waals surface area contributed by atoms with E-state index in [1.165, 1.54) is 0 Å². The smallest absolute Gasteiger partial charge is 0.323 e. The van der Waals surface area contributed by atoms with Gasteiger partial charge in [-0.3, -0.25) is 4.79 Å². The zero-order valence-corrected chi connectivity index (χ0v) is 8.71. The first kappa shape index (κ1) is 12.9. The van der Waals surface area contributed by atoms with Gasteiger partial charge < -0.3 is 15.5 Å². The maximum absolute atomic E-state index is 11.1. The van der Waals surface area contributed by atoms with Crippen LogP contribution in [0.3, 0.4) is 0 Å². The molecule has 14 heavy (non-hydrogen) atoms. The molecule has 0 fully saturated rings. The Morgan fingerprint density at radius 3 is 3.00 bits per heavy atom. The standard InChI is InChI=1S/C8H13N3O2.ClH/c1-2-13-8(12)7(9)3-6-4-10-5-11-6;/h4-5,7H,2-3,9H2,1H3,(H,10,11);1H/t7-;/m0./s1. The summed E-state index contributed by atoms with van der Waals surface area (Å²) in [5, 5.41) is 0. The summed E-state index contributed by atoms with van der Waals surface area (Å²) in [6.07, 6.45) is 3.62. The van der Waals surface area contributed by atoms with Gasteiger partial charge >= 0.3 is 5.97 Å². The first-order valence-electron chi connectivity index (χ1n) is 4.13. The molecule has 0 aromatic carbocycles. The van der Waals surface area contributed by atoms with Gasteiger partial charge in [-0.1, -0.05) is 0 Å². The molecule has 0 saturated heterocycles. The summed E-state index contributed by atoms with van der Waals surface area (Å²) >= 11 is 0. The number of nitrogens with two attached hydrogens (primary N) is 1. The molecule has 0 amide bonds. The fraction of sp³-hybridized carbons (Fsp3) is 0.500. The summed E-state index contributed by atoms with van der Waals surface area (Å²) in [6, 6.07) is -0.611. The molecule has 1 aromatic rings. The second kappa shape index (κ2) is 6.39. The first-order chi connectivity index (χ1) is 6.24. The number of hydrogen-bond donors (Lipinski definition) is 2. The third-order valence-electron chi connectivity index (χ3n) is 1.58. The number of aromatic amines is 1. The third-order valence-corrected chi connectivity index (χ3v) is 1.58. The Bertz CT molecular complexity index is 264. The van der Waals surface area contributed by atoms with E-state index in [9.17, 15) is 4.79 Å². The Morgan fingerprint density at radius 1 is 1.79 bits per heavy atom. The van der Waals surface area contributed by atoms with Crippen LogP contribution >= 0.6 is 12.4 Å². The highest BCUT2D eigenvalue weighted by molar-refractivity contribution is 5.85. The van der Waals surface area contributed by atoms with Crippen molar-refractivity contribution in [2.24, 2.45) is 5.73 Å². The number of halogens is 1. The van der Waals surface area contributed by atoms with E-state index in [0.717, 1.165) is 5.69 Å². The third kappa shape index (κ3) is 3.76. The summed E-state index contributed by atoms with van der Waals surface area (Å²) in [7, 11) is 0. The second-order valence-corrected chi connectivity index (χ2v) is 2.64. The van der Waals surface area contributed by atoms with E-state index in [1.54, 1.807) is 19.4 Å². The largest absolute Gasteiger partial charge is 0.465 e. The van der Waals surface area contributed by atoms with Gasteiger partial charge in [0.2, 0.25) is 0 Å². The van der Waals surface area contributed by atoms with Crippen molar-refractivity contribution in [2.45, 2.75) is 19.4 Å². The van der Waals surface area contributed by atoms with Gasteiger partial charge in [0.05, 0.1) is 12.9 Å². The van der Waals surface area contributed by atoms with E-state index in [2.05, 4.69) is 9.97 Å². The number of ether oxygens (including phenoxy) is 1. The van der Waals surface area contributed by atoms with Gasteiger partial charge in [0.1, 0.15) is 6.04 Å². The highest BCUT2D eigenvalue weighted by atomic mass is 35.5. The van der Waals surface area contributed by atoms with Crippen molar-refractivity contribution in [3.8, 4) is 0 Å². The van der Waals surface area contributed by atoms with E-state index >= 15 is 0 Å². The lowest BCUT2D eigenvalue weighted by Gasteiger charge is -2.08. The lowest BCUT2D eigenvalue weighted by molar-refractivity contribution is -0.144. The van der Waals surface area contributed by atoms with Crippen LogP contribution in [0, 0.1) is 0 Å². The minimum Gasteiger partial charge on any atom is -0.465 e. The van der Waals surface area contributed by atoms with Crippen LogP contribution in [-0.2, 0) is 16.0 Å². The molecule has 5 nitrogen and oxygen atoms in total. The number of esters is 1. The maximum Gasteiger partial charge on any atom is 0.323 e. The molecular formula is C8H14ClN3O2. The van der Waals surface area contributed by atoms with Crippen LogP contribution < -0.4 is 5.73 Å². The Kier molecular flexibility index (Phi) is 5.91. The summed E-state index contributed by atoms with van der Waals surface area (Å²) in [5.74, 6) is -0.378. The van der Waals surface area contributed by atoms with Crippen LogP contribution in [0.15, 0.2) is 12.5 Å². The highest BCUT2D eigenvalue weighted by Crippen LogP contribution is 1.97. The fourth-order valence-electron chi connectivity index (χ4n) is 0.966. The van der Waals surface area contributed by atoms with E-state index in [-0.39, 0.29) is 18.4 Å². The van der Waals surface area contributed by atoms with E-state index in [1.807, 2.05) is 0 Å². The molecule has 0 aliphatic rings. The van der Waals surface area contributed by atoms with Crippen LogP contribution in [0.1, 0.15) is 12.6 Å². The highest BCUT2D eigenvalue weighted by Gasteiger charge is 2.15. The van der Waals surface area contributed by atoms with Crippen LogP contribution in [0.4, 0.5) is 0 Å². The number of H-pyrrole nitrogens is 1. The molecule has 0 bridgehead atoms. The van der Waals surface area contributed by atoms with Gasteiger partial charge in [0.15, 0.2) is 0 Å². The van der Waals surface area contributed by atoms with Gasteiger partial charge in [0, 0.05) is 18.3 Å². The first-order valence-corrected chi connectivity index (χ1v) is 4.13. The molecule has 80 valence electrons. The van der Waals surface area contributed by atoms with E-state index in [4.69, 9.17) is 10.5 Å². The van der Waals surface area contributed by atoms with Crippen LogP contribution in [0.5, 0.6) is 0 Å². The molecular weight excluding hydrogens is 206 g/mol. The van der Waals surface area contributed by atoms with Gasteiger partial charge in [0.25, 0.3) is 0 Å². The van der Waals surface area contributed by atoms with Crippen molar-refractivity contribution in [1.82, 2.24) is 9.97 Å². The second-order valence-electron chi connectivity index (χ2n) is 2.64. The van der Waals surface area contributed by atoms with Crippen molar-refractivity contribution >= 4 is 18.4 Å². The summed E-state index contributed by atoms with van der Waals surface area (Å²) in [5.41, 5.74) is 6.41. The number of nitrogens with zero attached hydrogens (tertiary/aromatic N) is 1. The summed E-state index contributed by atoms with van der Waals surface area (Å²) in [4.78, 5) is 17.8. The molecule has 6 heteroatoms. The minimum absolute atomic E-state index is 0. The lowest BCUT2D eigenvalue weighted by atomic mass is 10.2. The average molecular weight is 220 g/mol. The lowest BCUT2D eigenvalue weighted by Crippen LogP contribution is -2.34. The maximum atomic E-state index is 11.1. The van der Waals surface area contributed by atoms with Crippen molar-refractivity contribution in [2.75, 3.05) is 6.61 Å². The van der Waals surface area contributed by atoms with Gasteiger partial charge in [-0.2, -0.15) is 0 Å². The molecule has 1 rings (SSSR count). The molecule has 0 spiro atoms. The SMILES string of the molecule is CCOC(=O)[C@@H](N)Cc1cnc[nH]1.Cl. The molecule has 1 aromatic heterocycles. The van der Waals surface area contributed by atoms with Crippen molar-refractivity contribution in [3.63, 3.8) is 0 Å². The molecule has 0 saturated carbocycles. The molecule has 0 unspecified atom stereocenters. The molecule has 0 radical (unpaired) electrons. The van der Waals surface area contributed by atoms with Crippen molar-refractivity contribution in [3.05, 3.63) is 18.2 Å².